The predicted octanol–water partition coefficient (Wildman–Crippen LogP) is 1.97. The molecule has 1 saturated heterocycles. The molecule has 3 nitrogen and oxygen atoms in total. The summed E-state index contributed by atoms with van der Waals surface area (Å²) in [6, 6.07) is 3.91. The summed E-state index contributed by atoms with van der Waals surface area (Å²) in [6.45, 7) is 0.589. The predicted molar refractivity (Wildman–Crippen MR) is 56.2 cm³/mol. The van der Waals surface area contributed by atoms with Crippen molar-refractivity contribution in [1.82, 2.24) is 4.98 Å². The van der Waals surface area contributed by atoms with Gasteiger partial charge in [0, 0.05) is 12.4 Å². The summed E-state index contributed by atoms with van der Waals surface area (Å²) >= 11 is 0. The van der Waals surface area contributed by atoms with E-state index in [1.807, 2.05) is 12.1 Å². The number of carbonyl (C=O) groups excluding carboxylic acids is 1. The van der Waals surface area contributed by atoms with Crippen LogP contribution in [0.1, 0.15) is 24.8 Å². The van der Waals surface area contributed by atoms with E-state index in [0.717, 1.165) is 31.2 Å². The van der Waals surface area contributed by atoms with Gasteiger partial charge in [0.05, 0.1) is 12.5 Å². The number of cyclic esters (lactones) is 1. The minimum Gasteiger partial charge on any atom is -0.465 e. The summed E-state index contributed by atoms with van der Waals surface area (Å²) in [5.41, 5.74) is 1.16. The lowest BCUT2D eigenvalue weighted by Gasteiger charge is -2.11. The Kier molecular flexibility index (Phi) is 3.33. The number of rotatable bonds is 2. The molecule has 0 aromatic carbocycles. The summed E-state index contributed by atoms with van der Waals surface area (Å²) in [5, 5.41) is 0. The molecule has 3 heteroatoms. The van der Waals surface area contributed by atoms with Crippen molar-refractivity contribution >= 4 is 5.97 Å². The largest absolute Gasteiger partial charge is 0.465 e. The van der Waals surface area contributed by atoms with E-state index >= 15 is 0 Å². The Balaban J connectivity index is 2.01. The molecule has 2 heterocycles. The highest BCUT2D eigenvalue weighted by Crippen LogP contribution is 2.19. The lowest BCUT2D eigenvalue weighted by atomic mass is 9.95. The second kappa shape index (κ2) is 4.91. The first-order valence-electron chi connectivity index (χ1n) is 5.42. The molecule has 0 radical (unpaired) electrons. The van der Waals surface area contributed by atoms with Crippen LogP contribution >= 0.6 is 0 Å². The van der Waals surface area contributed by atoms with Gasteiger partial charge in [-0.05, 0) is 43.4 Å². The molecule has 1 aromatic rings. The molecule has 1 fully saturated rings. The van der Waals surface area contributed by atoms with Crippen LogP contribution in [0.3, 0.4) is 0 Å². The number of hydrogen-bond donors (Lipinski definition) is 0. The van der Waals surface area contributed by atoms with Gasteiger partial charge in [0.25, 0.3) is 0 Å². The third kappa shape index (κ3) is 2.78. The van der Waals surface area contributed by atoms with Crippen LogP contribution in [0.25, 0.3) is 0 Å². The van der Waals surface area contributed by atoms with Crippen LogP contribution in [0.5, 0.6) is 0 Å². The van der Waals surface area contributed by atoms with Crippen molar-refractivity contribution in [3.63, 3.8) is 0 Å². The van der Waals surface area contributed by atoms with Crippen molar-refractivity contribution < 1.29 is 9.53 Å². The molecule has 1 aliphatic heterocycles. The molecule has 0 N–H and O–H groups in total. The molecule has 1 atom stereocenters. The van der Waals surface area contributed by atoms with Crippen LogP contribution in [-0.4, -0.2) is 17.6 Å². The van der Waals surface area contributed by atoms with E-state index in [9.17, 15) is 4.79 Å². The average Bonchev–Trinajstić information content (AvgIpc) is 2.46. The van der Waals surface area contributed by atoms with Crippen molar-refractivity contribution in [1.29, 1.82) is 0 Å². The number of ether oxygens (including phenoxy) is 1. The number of hydrogen-bond acceptors (Lipinski definition) is 3. The minimum absolute atomic E-state index is 0.0369. The molecule has 1 unspecified atom stereocenters. The summed E-state index contributed by atoms with van der Waals surface area (Å²) in [4.78, 5) is 15.5. The Morgan fingerprint density at radius 3 is 2.93 bits per heavy atom. The second-order valence-electron chi connectivity index (χ2n) is 3.92. The zero-order chi connectivity index (χ0) is 10.5. The quantitative estimate of drug-likeness (QED) is 0.693. The molecule has 2 rings (SSSR count). The van der Waals surface area contributed by atoms with E-state index in [4.69, 9.17) is 4.74 Å². The van der Waals surface area contributed by atoms with Gasteiger partial charge in [0.2, 0.25) is 0 Å². The second-order valence-corrected chi connectivity index (χ2v) is 3.92. The van der Waals surface area contributed by atoms with E-state index in [-0.39, 0.29) is 11.9 Å². The van der Waals surface area contributed by atoms with Gasteiger partial charge in [-0.3, -0.25) is 9.78 Å². The highest BCUT2D eigenvalue weighted by atomic mass is 16.5. The topological polar surface area (TPSA) is 39.2 Å². The van der Waals surface area contributed by atoms with Gasteiger partial charge in [-0.15, -0.1) is 0 Å². The third-order valence-electron chi connectivity index (χ3n) is 2.76. The summed E-state index contributed by atoms with van der Waals surface area (Å²) in [5.74, 6) is -0.000729. The van der Waals surface area contributed by atoms with Gasteiger partial charge in [0.1, 0.15) is 0 Å². The number of nitrogens with zero attached hydrogens (tertiary/aromatic N) is 1. The van der Waals surface area contributed by atoms with Crippen molar-refractivity contribution in [2.24, 2.45) is 5.92 Å². The molecule has 0 aliphatic carbocycles. The van der Waals surface area contributed by atoms with E-state index in [1.54, 1.807) is 12.4 Å². The van der Waals surface area contributed by atoms with E-state index < -0.39 is 0 Å². The Morgan fingerprint density at radius 2 is 2.13 bits per heavy atom. The zero-order valence-electron chi connectivity index (χ0n) is 8.69. The average molecular weight is 205 g/mol. The maximum Gasteiger partial charge on any atom is 0.309 e. The van der Waals surface area contributed by atoms with Crippen LogP contribution in [-0.2, 0) is 16.0 Å². The van der Waals surface area contributed by atoms with Gasteiger partial charge in [-0.2, -0.15) is 0 Å². The van der Waals surface area contributed by atoms with Crippen molar-refractivity contribution in [3.05, 3.63) is 30.1 Å². The van der Waals surface area contributed by atoms with Crippen LogP contribution in [0.15, 0.2) is 24.5 Å². The third-order valence-corrected chi connectivity index (χ3v) is 2.76. The normalized spacial score (nSPS) is 21.9. The van der Waals surface area contributed by atoms with E-state index in [0.29, 0.717) is 6.61 Å². The summed E-state index contributed by atoms with van der Waals surface area (Å²) in [7, 11) is 0. The number of carbonyl (C=O) groups is 1. The lowest BCUT2D eigenvalue weighted by molar-refractivity contribution is -0.147. The number of aromatic nitrogens is 1. The first-order chi connectivity index (χ1) is 7.36. The summed E-state index contributed by atoms with van der Waals surface area (Å²) < 4.78 is 5.13. The molecule has 80 valence electrons. The van der Waals surface area contributed by atoms with Crippen LogP contribution in [0.4, 0.5) is 0 Å². The first kappa shape index (κ1) is 10.1. The lowest BCUT2D eigenvalue weighted by Crippen LogP contribution is -2.17. The minimum atomic E-state index is -0.0377. The molecule has 0 amide bonds. The van der Waals surface area contributed by atoms with Crippen molar-refractivity contribution in [2.75, 3.05) is 6.61 Å². The fourth-order valence-corrected chi connectivity index (χ4v) is 1.89. The smallest absolute Gasteiger partial charge is 0.309 e. The van der Waals surface area contributed by atoms with Gasteiger partial charge in [-0.25, -0.2) is 0 Å². The highest BCUT2D eigenvalue weighted by molar-refractivity contribution is 5.73. The standard InChI is InChI=1S/C12H15NO2/c14-12-11(3-1-2-8-15-12)9-10-4-6-13-7-5-10/h4-7,11H,1-3,8-9H2. The molecular formula is C12H15NO2. The van der Waals surface area contributed by atoms with Gasteiger partial charge in [0.15, 0.2) is 0 Å². The first-order valence-corrected chi connectivity index (χ1v) is 5.42. The van der Waals surface area contributed by atoms with Gasteiger partial charge >= 0.3 is 5.97 Å². The molecular weight excluding hydrogens is 190 g/mol. The molecule has 0 spiro atoms. The fraction of sp³-hybridized carbons (Fsp3) is 0.500. The highest BCUT2D eigenvalue weighted by Gasteiger charge is 2.22. The SMILES string of the molecule is O=C1OCCCCC1Cc1ccncc1. The Labute approximate surface area is 89.5 Å². The Hall–Kier alpha value is -1.38. The van der Waals surface area contributed by atoms with Crippen molar-refractivity contribution in [3.8, 4) is 0 Å². The maximum absolute atomic E-state index is 11.6. The molecule has 15 heavy (non-hydrogen) atoms. The van der Waals surface area contributed by atoms with Crippen LogP contribution < -0.4 is 0 Å². The fourth-order valence-electron chi connectivity index (χ4n) is 1.89. The molecule has 1 aliphatic rings. The Morgan fingerprint density at radius 1 is 1.33 bits per heavy atom. The van der Waals surface area contributed by atoms with E-state index in [2.05, 4.69) is 4.98 Å². The zero-order valence-corrected chi connectivity index (χ0v) is 8.69. The van der Waals surface area contributed by atoms with Gasteiger partial charge in [-0.1, -0.05) is 0 Å². The van der Waals surface area contributed by atoms with Gasteiger partial charge < -0.3 is 4.74 Å². The Bertz CT molecular complexity index is 324. The monoisotopic (exact) mass is 205 g/mol. The molecule has 0 saturated carbocycles. The van der Waals surface area contributed by atoms with E-state index in [1.165, 1.54) is 0 Å². The molecule has 0 bridgehead atoms. The number of pyridine rings is 1. The van der Waals surface area contributed by atoms with Crippen LogP contribution in [0.2, 0.25) is 0 Å². The molecule has 1 aromatic heterocycles. The number of esters is 1. The summed E-state index contributed by atoms with van der Waals surface area (Å²) in [6.07, 6.45) is 7.33. The maximum atomic E-state index is 11.6. The van der Waals surface area contributed by atoms with Crippen LogP contribution in [0, 0.1) is 5.92 Å². The van der Waals surface area contributed by atoms with Crippen molar-refractivity contribution in [2.45, 2.75) is 25.7 Å².